The SMILES string of the molecule is COc1cccc(CCn2ccnc2C(C)C)c1. The molecule has 0 fully saturated rings. The first-order valence-electron chi connectivity index (χ1n) is 6.34. The van der Waals surface area contributed by atoms with Crippen LogP contribution < -0.4 is 4.74 Å². The van der Waals surface area contributed by atoms with Crippen LogP contribution in [0.3, 0.4) is 0 Å². The van der Waals surface area contributed by atoms with Crippen LogP contribution in [0, 0.1) is 0 Å². The van der Waals surface area contributed by atoms with Crippen LogP contribution in [0.5, 0.6) is 5.75 Å². The van der Waals surface area contributed by atoms with Crippen LogP contribution in [0.15, 0.2) is 36.7 Å². The number of methoxy groups -OCH3 is 1. The first kappa shape index (κ1) is 12.7. The minimum absolute atomic E-state index is 0.463. The molecule has 18 heavy (non-hydrogen) atoms. The summed E-state index contributed by atoms with van der Waals surface area (Å²) < 4.78 is 7.46. The first-order valence-corrected chi connectivity index (χ1v) is 6.34. The van der Waals surface area contributed by atoms with Crippen molar-refractivity contribution < 1.29 is 4.74 Å². The molecule has 0 aliphatic rings. The van der Waals surface area contributed by atoms with Crippen molar-refractivity contribution in [3.63, 3.8) is 0 Å². The monoisotopic (exact) mass is 244 g/mol. The van der Waals surface area contributed by atoms with Crippen molar-refractivity contribution in [2.75, 3.05) is 7.11 Å². The van der Waals surface area contributed by atoms with Gasteiger partial charge in [-0.25, -0.2) is 4.98 Å². The Balaban J connectivity index is 2.04. The van der Waals surface area contributed by atoms with E-state index >= 15 is 0 Å². The van der Waals surface area contributed by atoms with Crippen molar-refractivity contribution >= 4 is 0 Å². The number of nitrogens with zero attached hydrogens (tertiary/aromatic N) is 2. The van der Waals surface area contributed by atoms with Gasteiger partial charge in [-0.2, -0.15) is 0 Å². The van der Waals surface area contributed by atoms with E-state index in [0.717, 1.165) is 24.5 Å². The maximum absolute atomic E-state index is 5.23. The summed E-state index contributed by atoms with van der Waals surface area (Å²) in [7, 11) is 1.70. The molecule has 0 amide bonds. The van der Waals surface area contributed by atoms with Gasteiger partial charge in [-0.15, -0.1) is 0 Å². The highest BCUT2D eigenvalue weighted by Crippen LogP contribution is 2.15. The Labute approximate surface area is 108 Å². The number of hydrogen-bond acceptors (Lipinski definition) is 2. The van der Waals surface area contributed by atoms with Gasteiger partial charge in [-0.3, -0.25) is 0 Å². The molecule has 96 valence electrons. The summed E-state index contributed by atoms with van der Waals surface area (Å²) in [6.45, 7) is 5.30. The summed E-state index contributed by atoms with van der Waals surface area (Å²) in [5.41, 5.74) is 1.29. The van der Waals surface area contributed by atoms with Crippen LogP contribution in [0.2, 0.25) is 0 Å². The number of aromatic nitrogens is 2. The van der Waals surface area contributed by atoms with Crippen LogP contribution in [0.25, 0.3) is 0 Å². The molecule has 0 unspecified atom stereocenters. The molecule has 0 atom stereocenters. The van der Waals surface area contributed by atoms with Crippen molar-refractivity contribution in [3.8, 4) is 5.75 Å². The van der Waals surface area contributed by atoms with Gasteiger partial charge in [0.05, 0.1) is 7.11 Å². The zero-order valence-corrected chi connectivity index (χ0v) is 11.3. The lowest BCUT2D eigenvalue weighted by atomic mass is 10.1. The topological polar surface area (TPSA) is 27.1 Å². The Morgan fingerprint density at radius 2 is 2.17 bits per heavy atom. The number of hydrogen-bond donors (Lipinski definition) is 0. The summed E-state index contributed by atoms with van der Waals surface area (Å²) in [4.78, 5) is 4.40. The molecule has 0 bridgehead atoms. The molecule has 1 aromatic heterocycles. The van der Waals surface area contributed by atoms with Crippen molar-refractivity contribution in [2.24, 2.45) is 0 Å². The minimum Gasteiger partial charge on any atom is -0.497 e. The Hall–Kier alpha value is -1.77. The van der Waals surface area contributed by atoms with Gasteiger partial charge in [-0.1, -0.05) is 26.0 Å². The minimum atomic E-state index is 0.463. The largest absolute Gasteiger partial charge is 0.497 e. The van der Waals surface area contributed by atoms with E-state index in [1.54, 1.807) is 7.11 Å². The molecule has 2 aromatic rings. The van der Waals surface area contributed by atoms with Gasteiger partial charge in [0.15, 0.2) is 0 Å². The lowest BCUT2D eigenvalue weighted by molar-refractivity contribution is 0.414. The first-order chi connectivity index (χ1) is 8.70. The summed E-state index contributed by atoms with van der Waals surface area (Å²) in [6.07, 6.45) is 4.92. The highest BCUT2D eigenvalue weighted by molar-refractivity contribution is 5.28. The third kappa shape index (κ3) is 2.92. The van der Waals surface area contributed by atoms with Crippen LogP contribution in [-0.4, -0.2) is 16.7 Å². The molecule has 1 heterocycles. The van der Waals surface area contributed by atoms with Crippen LogP contribution >= 0.6 is 0 Å². The number of benzene rings is 1. The van der Waals surface area contributed by atoms with E-state index < -0.39 is 0 Å². The second kappa shape index (κ2) is 5.71. The molecule has 1 aromatic carbocycles. The second-order valence-electron chi connectivity index (χ2n) is 4.74. The summed E-state index contributed by atoms with van der Waals surface area (Å²) >= 11 is 0. The maximum atomic E-state index is 5.23. The number of rotatable bonds is 5. The molecule has 0 radical (unpaired) electrons. The van der Waals surface area contributed by atoms with Gasteiger partial charge in [0.2, 0.25) is 0 Å². The van der Waals surface area contributed by atoms with E-state index in [2.05, 4.69) is 41.7 Å². The predicted octanol–water partition coefficient (Wildman–Crippen LogP) is 3.26. The number of aryl methyl sites for hydroxylation is 2. The van der Waals surface area contributed by atoms with Gasteiger partial charge in [0, 0.05) is 24.9 Å². The highest BCUT2D eigenvalue weighted by Gasteiger charge is 2.06. The Bertz CT molecular complexity index is 503. The van der Waals surface area contributed by atoms with Crippen molar-refractivity contribution in [1.82, 2.24) is 9.55 Å². The molecule has 0 saturated carbocycles. The quantitative estimate of drug-likeness (QED) is 0.807. The molecule has 0 aliphatic heterocycles. The molecule has 0 spiro atoms. The van der Waals surface area contributed by atoms with Gasteiger partial charge < -0.3 is 9.30 Å². The van der Waals surface area contributed by atoms with Crippen molar-refractivity contribution in [1.29, 1.82) is 0 Å². The normalized spacial score (nSPS) is 10.9. The molecular weight excluding hydrogens is 224 g/mol. The summed E-state index contributed by atoms with van der Waals surface area (Å²) in [5.74, 6) is 2.53. The summed E-state index contributed by atoms with van der Waals surface area (Å²) in [5, 5.41) is 0. The van der Waals surface area contributed by atoms with Crippen LogP contribution in [0.1, 0.15) is 31.2 Å². The second-order valence-corrected chi connectivity index (χ2v) is 4.74. The van der Waals surface area contributed by atoms with E-state index in [-0.39, 0.29) is 0 Å². The Morgan fingerprint density at radius 3 is 2.89 bits per heavy atom. The molecule has 0 aliphatic carbocycles. The molecule has 0 N–H and O–H groups in total. The third-order valence-corrected chi connectivity index (χ3v) is 3.04. The van der Waals surface area contributed by atoms with E-state index in [0.29, 0.717) is 5.92 Å². The van der Waals surface area contributed by atoms with Crippen LogP contribution in [-0.2, 0) is 13.0 Å². The molecule has 3 nitrogen and oxygen atoms in total. The average molecular weight is 244 g/mol. The number of imidazole rings is 1. The molecular formula is C15H20N2O. The lowest BCUT2D eigenvalue weighted by Crippen LogP contribution is -2.06. The highest BCUT2D eigenvalue weighted by atomic mass is 16.5. The van der Waals surface area contributed by atoms with E-state index in [1.165, 1.54) is 5.56 Å². The van der Waals surface area contributed by atoms with E-state index in [9.17, 15) is 0 Å². The molecule has 3 heteroatoms. The standard InChI is InChI=1S/C15H20N2O/c1-12(2)15-16-8-10-17(15)9-7-13-5-4-6-14(11-13)18-3/h4-6,8,10-12H,7,9H2,1-3H3. The third-order valence-electron chi connectivity index (χ3n) is 3.04. The number of ether oxygens (including phenoxy) is 1. The maximum Gasteiger partial charge on any atom is 0.119 e. The Morgan fingerprint density at radius 1 is 1.33 bits per heavy atom. The van der Waals surface area contributed by atoms with Crippen molar-refractivity contribution in [2.45, 2.75) is 32.7 Å². The zero-order chi connectivity index (χ0) is 13.0. The van der Waals surface area contributed by atoms with E-state index in [4.69, 9.17) is 4.74 Å². The van der Waals surface area contributed by atoms with Gasteiger partial charge >= 0.3 is 0 Å². The fraction of sp³-hybridized carbons (Fsp3) is 0.400. The van der Waals surface area contributed by atoms with Gasteiger partial charge in [0.25, 0.3) is 0 Å². The smallest absolute Gasteiger partial charge is 0.119 e. The average Bonchev–Trinajstić information content (AvgIpc) is 2.85. The van der Waals surface area contributed by atoms with Crippen molar-refractivity contribution in [3.05, 3.63) is 48.0 Å². The Kier molecular flexibility index (Phi) is 4.03. The lowest BCUT2D eigenvalue weighted by Gasteiger charge is -2.10. The predicted molar refractivity (Wildman–Crippen MR) is 73.0 cm³/mol. The molecule has 0 saturated heterocycles. The molecule has 2 rings (SSSR count). The zero-order valence-electron chi connectivity index (χ0n) is 11.3. The summed E-state index contributed by atoms with van der Waals surface area (Å²) in [6, 6.07) is 8.23. The fourth-order valence-electron chi connectivity index (χ4n) is 2.09. The fourth-order valence-corrected chi connectivity index (χ4v) is 2.09. The van der Waals surface area contributed by atoms with Crippen LogP contribution in [0.4, 0.5) is 0 Å². The van der Waals surface area contributed by atoms with E-state index in [1.807, 2.05) is 18.3 Å². The van der Waals surface area contributed by atoms with Gasteiger partial charge in [0.1, 0.15) is 11.6 Å². The van der Waals surface area contributed by atoms with Gasteiger partial charge in [-0.05, 0) is 24.1 Å².